The minimum atomic E-state index is 0.323. The Kier molecular flexibility index (Phi) is 22.1. The van der Waals surface area contributed by atoms with Crippen LogP contribution in [-0.4, -0.2) is 27.2 Å². The maximum atomic E-state index is 10.3. The Morgan fingerprint density at radius 3 is 1.17 bits per heavy atom. The second-order valence-corrected chi connectivity index (χ2v) is 19.6. The lowest BCUT2D eigenvalue weighted by Crippen LogP contribution is -2.16. The van der Waals surface area contributed by atoms with E-state index in [0.717, 1.165) is 100 Å². The van der Waals surface area contributed by atoms with Crippen molar-refractivity contribution in [2.24, 2.45) is 15.0 Å². The molecular weight excluding hydrogens is 805 g/mol. The summed E-state index contributed by atoms with van der Waals surface area (Å²) in [5.74, 6) is 0.323. The zero-order valence-electron chi connectivity index (χ0n) is 41.9. The van der Waals surface area contributed by atoms with E-state index in [9.17, 15) is 5.11 Å². The van der Waals surface area contributed by atoms with Crippen LogP contribution in [0.25, 0.3) is 16.9 Å². The molecule has 0 fully saturated rings. The highest BCUT2D eigenvalue weighted by Crippen LogP contribution is 2.35. The molecule has 0 atom stereocenters. The Balaban J connectivity index is 1.36. The van der Waals surface area contributed by atoms with E-state index in [1.807, 2.05) is 12.1 Å². The zero-order chi connectivity index (χ0) is 46.2. The third-order valence-corrected chi connectivity index (χ3v) is 14.2. The lowest BCUT2D eigenvalue weighted by molar-refractivity contribution is 0.499. The molecule has 1 aromatic heterocycles. The number of aromatic amines is 1. The molecule has 6 rings (SSSR count). The highest BCUT2D eigenvalue weighted by Gasteiger charge is 2.24. The van der Waals surface area contributed by atoms with Crippen LogP contribution < -0.4 is 10.4 Å². The largest absolute Gasteiger partial charge is 0.512 e. The first-order valence-electron chi connectivity index (χ1n) is 27.2. The quantitative estimate of drug-likeness (QED) is 0.0754. The summed E-state index contributed by atoms with van der Waals surface area (Å²) in [6, 6.07) is 12.8. The molecule has 2 N–H and O–H groups in total. The van der Waals surface area contributed by atoms with Crippen molar-refractivity contribution < 1.29 is 5.11 Å². The van der Waals surface area contributed by atoms with Crippen molar-refractivity contribution in [2.75, 3.05) is 0 Å². The summed E-state index contributed by atoms with van der Waals surface area (Å²) in [6.07, 6.45) is 51.7. The summed E-state index contributed by atoms with van der Waals surface area (Å²) in [4.78, 5) is 20.5. The van der Waals surface area contributed by atoms with Crippen molar-refractivity contribution in [3.63, 3.8) is 0 Å². The number of aliphatic hydroxyl groups excluding tert-OH is 1. The number of allylic oxidation sites excluding steroid dienone is 9. The van der Waals surface area contributed by atoms with Gasteiger partial charge in [-0.2, -0.15) is 0 Å². The number of H-pyrrole nitrogens is 1. The molecule has 0 saturated carbocycles. The van der Waals surface area contributed by atoms with Crippen LogP contribution in [0.1, 0.15) is 232 Å². The summed E-state index contributed by atoms with van der Waals surface area (Å²) < 4.78 is 0. The van der Waals surface area contributed by atoms with Gasteiger partial charge < -0.3 is 10.1 Å². The summed E-state index contributed by atoms with van der Waals surface area (Å²) in [5.41, 5.74) is 13.3. The summed E-state index contributed by atoms with van der Waals surface area (Å²) in [6.45, 7) is 8.64. The monoisotopic (exact) mass is 891 g/mol. The fourth-order valence-corrected chi connectivity index (χ4v) is 10.1. The SMILES string of the molecule is CCCCCCCCCCCC1=C2C=CC(=N2)C(CCCCCCCCCCC)=C2C=CC(=N2)C(=c2ccc(=C(C)O)cc2)c2ccc([nH]2)C(CCCCCCCCCCC)=C2C=CC1=N2. The van der Waals surface area contributed by atoms with E-state index >= 15 is 0 Å². The number of hydrogen-bond acceptors (Lipinski definition) is 4. The van der Waals surface area contributed by atoms with Crippen LogP contribution >= 0.6 is 0 Å². The predicted octanol–water partition coefficient (Wildman–Crippen LogP) is 16.9. The molecule has 4 aliphatic rings. The summed E-state index contributed by atoms with van der Waals surface area (Å²) >= 11 is 0. The number of aliphatic imine (C=N–C) groups is 3. The van der Waals surface area contributed by atoms with Gasteiger partial charge in [-0.1, -0.05) is 199 Å². The van der Waals surface area contributed by atoms with E-state index in [2.05, 4.69) is 86.5 Å². The Labute approximate surface area is 400 Å². The van der Waals surface area contributed by atoms with Crippen molar-refractivity contribution in [1.29, 1.82) is 0 Å². The number of nitrogens with one attached hydrogen (secondary N) is 1. The molecule has 1 aromatic carbocycles. The Morgan fingerprint density at radius 2 is 0.742 bits per heavy atom. The third-order valence-electron chi connectivity index (χ3n) is 14.2. The van der Waals surface area contributed by atoms with Gasteiger partial charge in [0, 0.05) is 38.9 Å². The topological polar surface area (TPSA) is 73.1 Å². The molecule has 356 valence electrons. The van der Waals surface area contributed by atoms with Gasteiger partial charge in [-0.15, -0.1) is 0 Å². The van der Waals surface area contributed by atoms with Crippen molar-refractivity contribution in [1.82, 2.24) is 4.98 Å². The second-order valence-electron chi connectivity index (χ2n) is 19.6. The lowest BCUT2D eigenvalue weighted by Gasteiger charge is -2.12. The smallest absolute Gasteiger partial charge is 0.0963 e. The van der Waals surface area contributed by atoms with Crippen LogP contribution in [0.2, 0.25) is 0 Å². The number of hydrogen-bond donors (Lipinski definition) is 2. The molecule has 4 aliphatic heterocycles. The fourth-order valence-electron chi connectivity index (χ4n) is 10.1. The van der Waals surface area contributed by atoms with E-state index in [4.69, 9.17) is 15.0 Å². The molecule has 0 amide bonds. The third kappa shape index (κ3) is 15.5. The highest BCUT2D eigenvalue weighted by molar-refractivity contribution is 6.30. The van der Waals surface area contributed by atoms with Gasteiger partial charge in [-0.25, -0.2) is 15.0 Å². The van der Waals surface area contributed by atoms with Gasteiger partial charge in [-0.05, 0) is 99.3 Å². The van der Waals surface area contributed by atoms with Gasteiger partial charge in [0.25, 0.3) is 0 Å². The Morgan fingerprint density at radius 1 is 0.394 bits per heavy atom. The number of benzene rings is 1. The molecule has 5 heterocycles. The molecular formula is C61H86N4O. The summed E-state index contributed by atoms with van der Waals surface area (Å²) in [7, 11) is 0. The standard InChI is InChI=1S/C61H86N4O/c1-5-8-11-14-17-20-23-26-29-32-50-53-39-41-55(62-53)51(33-30-27-24-21-18-15-12-9-6-2)57-43-45-59(64-57)61(49-37-35-48(36-38-49)47(4)66)60-46-44-58(65-60)52(56-42-40-54(50)63-56)34-31-28-25-22-19-16-13-10-7-3/h35-46,64,66H,5-34H2,1-4H3. The lowest BCUT2D eigenvalue weighted by atomic mass is 9.99. The molecule has 2 aromatic rings. The first-order chi connectivity index (χ1) is 32.5. The molecule has 8 bridgehead atoms. The average molecular weight is 891 g/mol. The number of unbranched alkanes of at least 4 members (excludes halogenated alkanes) is 24. The van der Waals surface area contributed by atoms with Gasteiger partial charge in [0.15, 0.2) is 0 Å². The average Bonchev–Trinajstić information content (AvgIpc) is 4.18. The number of nitrogens with zero attached hydrogens (tertiary/aromatic N) is 3. The molecule has 0 radical (unpaired) electrons. The second kappa shape index (κ2) is 28.6. The van der Waals surface area contributed by atoms with E-state index in [1.54, 1.807) is 6.92 Å². The van der Waals surface area contributed by atoms with Crippen molar-refractivity contribution in [3.05, 3.63) is 123 Å². The Hall–Kier alpha value is -4.51. The Bertz CT molecular complexity index is 2250. The molecule has 0 aliphatic carbocycles. The van der Waals surface area contributed by atoms with Gasteiger partial charge >= 0.3 is 0 Å². The number of aromatic nitrogens is 1. The van der Waals surface area contributed by atoms with E-state index in [-0.39, 0.29) is 0 Å². The zero-order valence-corrected chi connectivity index (χ0v) is 41.9. The molecule has 0 saturated heterocycles. The summed E-state index contributed by atoms with van der Waals surface area (Å²) in [5, 5.41) is 12.2. The van der Waals surface area contributed by atoms with Crippen LogP contribution in [0, 0.1) is 0 Å². The first kappa shape index (κ1) is 50.9. The van der Waals surface area contributed by atoms with Crippen molar-refractivity contribution in [3.8, 4) is 0 Å². The van der Waals surface area contributed by atoms with Gasteiger partial charge in [0.1, 0.15) is 0 Å². The van der Waals surface area contributed by atoms with E-state index < -0.39 is 0 Å². The molecule has 0 spiro atoms. The minimum absolute atomic E-state index is 0.323. The number of fused-ring (bicyclic) bond motifs is 5. The highest BCUT2D eigenvalue weighted by atomic mass is 16.3. The van der Waals surface area contributed by atoms with Gasteiger partial charge in [0.2, 0.25) is 0 Å². The minimum Gasteiger partial charge on any atom is -0.512 e. The normalized spacial score (nSPS) is 15.5. The van der Waals surface area contributed by atoms with Crippen LogP contribution in [0.4, 0.5) is 0 Å². The predicted molar refractivity (Wildman–Crippen MR) is 287 cm³/mol. The van der Waals surface area contributed by atoms with Crippen molar-refractivity contribution in [2.45, 2.75) is 220 Å². The molecule has 5 heteroatoms. The molecule has 0 unspecified atom stereocenters. The van der Waals surface area contributed by atoms with Gasteiger partial charge in [-0.3, -0.25) is 0 Å². The maximum absolute atomic E-state index is 10.3. The van der Waals surface area contributed by atoms with Crippen LogP contribution in [0.5, 0.6) is 0 Å². The molecule has 66 heavy (non-hydrogen) atoms. The van der Waals surface area contributed by atoms with Crippen LogP contribution in [-0.2, 0) is 0 Å². The maximum Gasteiger partial charge on any atom is 0.0963 e. The van der Waals surface area contributed by atoms with Crippen LogP contribution in [0.3, 0.4) is 0 Å². The van der Waals surface area contributed by atoms with E-state index in [1.165, 1.54) is 171 Å². The first-order valence-corrected chi connectivity index (χ1v) is 27.2. The molecule has 5 nitrogen and oxygen atoms in total. The van der Waals surface area contributed by atoms with Gasteiger partial charge in [0.05, 0.1) is 40.0 Å². The van der Waals surface area contributed by atoms with Crippen molar-refractivity contribution >= 4 is 34.0 Å². The van der Waals surface area contributed by atoms with Crippen LogP contribution in [0.15, 0.2) is 116 Å². The number of aliphatic hydroxyl groups is 1. The van der Waals surface area contributed by atoms with E-state index in [0.29, 0.717) is 5.76 Å². The number of rotatable bonds is 30. The fraction of sp³-hybridized carbons (Fsp3) is 0.557.